The van der Waals surface area contributed by atoms with Crippen LogP contribution in [0.2, 0.25) is 0 Å². The molecular formula is C12H20O3. The van der Waals surface area contributed by atoms with E-state index in [1.807, 2.05) is 0 Å². The number of carbonyl (C=O) groups is 1. The van der Waals surface area contributed by atoms with E-state index >= 15 is 0 Å². The molecule has 0 aromatic rings. The second-order valence-electron chi connectivity index (χ2n) is 5.72. The van der Waals surface area contributed by atoms with Gasteiger partial charge in [-0.2, -0.15) is 0 Å². The molecule has 0 heterocycles. The molecule has 0 aromatic heterocycles. The lowest BCUT2D eigenvalue weighted by Gasteiger charge is -2.39. The van der Waals surface area contributed by atoms with Gasteiger partial charge in [0.15, 0.2) is 0 Å². The Bertz CT molecular complexity index is 289. The summed E-state index contributed by atoms with van der Waals surface area (Å²) in [6, 6.07) is 0. The van der Waals surface area contributed by atoms with Crippen molar-refractivity contribution in [3.63, 3.8) is 0 Å². The zero-order valence-electron chi connectivity index (χ0n) is 9.49. The summed E-state index contributed by atoms with van der Waals surface area (Å²) >= 11 is 0. The highest BCUT2D eigenvalue weighted by atomic mass is 16.4. The molecule has 2 rings (SSSR count). The van der Waals surface area contributed by atoms with Gasteiger partial charge in [-0.1, -0.05) is 13.8 Å². The van der Waals surface area contributed by atoms with Crippen molar-refractivity contribution in [3.05, 3.63) is 0 Å². The van der Waals surface area contributed by atoms with Gasteiger partial charge < -0.3 is 10.2 Å². The highest BCUT2D eigenvalue weighted by Crippen LogP contribution is 2.67. The topological polar surface area (TPSA) is 57.5 Å². The minimum Gasteiger partial charge on any atom is -0.481 e. The highest BCUT2D eigenvalue weighted by molar-refractivity contribution is 5.66. The standard InChI is InChI=1S/C12H20O3/c1-11(6-4-10(14)15)8-3-5-12(11,2)9(13)7-8/h8-9,13H,3-7H2,1-2H3,(H,14,15)/t8-,9-,11-,12-/m0/s1. The zero-order valence-corrected chi connectivity index (χ0v) is 9.49. The van der Waals surface area contributed by atoms with Gasteiger partial charge in [-0.3, -0.25) is 4.79 Å². The Kier molecular flexibility index (Phi) is 2.34. The average molecular weight is 212 g/mol. The first kappa shape index (κ1) is 10.9. The van der Waals surface area contributed by atoms with Gasteiger partial charge >= 0.3 is 5.97 Å². The Balaban J connectivity index is 2.17. The lowest BCUT2D eigenvalue weighted by atomic mass is 9.66. The van der Waals surface area contributed by atoms with Crippen LogP contribution < -0.4 is 0 Å². The van der Waals surface area contributed by atoms with E-state index in [1.165, 1.54) is 0 Å². The van der Waals surface area contributed by atoms with Gasteiger partial charge in [-0.25, -0.2) is 0 Å². The van der Waals surface area contributed by atoms with Crippen molar-refractivity contribution in [1.82, 2.24) is 0 Å². The molecule has 0 unspecified atom stereocenters. The van der Waals surface area contributed by atoms with E-state index in [9.17, 15) is 9.90 Å². The third-order valence-electron chi connectivity index (χ3n) is 5.32. The molecule has 0 aliphatic heterocycles. The number of rotatable bonds is 3. The zero-order chi connectivity index (χ0) is 11.3. The second kappa shape index (κ2) is 3.21. The third-order valence-corrected chi connectivity index (χ3v) is 5.32. The number of aliphatic hydroxyl groups is 1. The van der Waals surface area contributed by atoms with Crippen LogP contribution in [0.3, 0.4) is 0 Å². The van der Waals surface area contributed by atoms with Crippen LogP contribution in [-0.2, 0) is 4.79 Å². The molecule has 2 bridgehead atoms. The molecule has 2 saturated carbocycles. The van der Waals surface area contributed by atoms with Gasteiger partial charge in [0.1, 0.15) is 0 Å². The summed E-state index contributed by atoms with van der Waals surface area (Å²) < 4.78 is 0. The number of hydrogen-bond acceptors (Lipinski definition) is 2. The van der Waals surface area contributed by atoms with Crippen LogP contribution >= 0.6 is 0 Å². The minimum atomic E-state index is -0.722. The number of carboxylic acid groups (broad SMARTS) is 1. The quantitative estimate of drug-likeness (QED) is 0.752. The first-order valence-corrected chi connectivity index (χ1v) is 5.80. The Morgan fingerprint density at radius 2 is 2.13 bits per heavy atom. The largest absolute Gasteiger partial charge is 0.481 e. The maximum absolute atomic E-state index is 10.7. The molecule has 0 radical (unpaired) electrons. The molecule has 15 heavy (non-hydrogen) atoms. The van der Waals surface area contributed by atoms with E-state index in [4.69, 9.17) is 5.11 Å². The number of aliphatic hydroxyl groups excluding tert-OH is 1. The fraction of sp³-hybridized carbons (Fsp3) is 0.917. The summed E-state index contributed by atoms with van der Waals surface area (Å²) in [7, 11) is 0. The van der Waals surface area contributed by atoms with Crippen LogP contribution in [0.4, 0.5) is 0 Å². The first-order valence-electron chi connectivity index (χ1n) is 5.80. The lowest BCUT2D eigenvalue weighted by molar-refractivity contribution is -0.138. The SMILES string of the molecule is C[C@]1(CCC(=O)O)[C@H]2CC[C@@]1(C)[C@@H](O)C2. The summed E-state index contributed by atoms with van der Waals surface area (Å²) in [6.45, 7) is 4.30. The summed E-state index contributed by atoms with van der Waals surface area (Å²) in [5.41, 5.74) is -0.0159. The summed E-state index contributed by atoms with van der Waals surface area (Å²) in [5, 5.41) is 18.8. The van der Waals surface area contributed by atoms with Crippen molar-refractivity contribution >= 4 is 5.97 Å². The van der Waals surface area contributed by atoms with Crippen LogP contribution in [0, 0.1) is 16.7 Å². The van der Waals surface area contributed by atoms with Gasteiger partial charge in [0.05, 0.1) is 6.10 Å². The molecule has 0 aromatic carbocycles. The minimum absolute atomic E-state index is 0.0325. The van der Waals surface area contributed by atoms with E-state index in [0.717, 1.165) is 19.3 Å². The van der Waals surface area contributed by atoms with E-state index in [0.29, 0.717) is 12.3 Å². The molecule has 2 aliphatic carbocycles. The Morgan fingerprint density at radius 3 is 2.53 bits per heavy atom. The third kappa shape index (κ3) is 1.32. The summed E-state index contributed by atoms with van der Waals surface area (Å²) in [5.74, 6) is -0.197. The Hall–Kier alpha value is -0.570. The Morgan fingerprint density at radius 1 is 1.47 bits per heavy atom. The van der Waals surface area contributed by atoms with Crippen molar-refractivity contribution in [2.75, 3.05) is 0 Å². The van der Waals surface area contributed by atoms with Crippen molar-refractivity contribution in [2.45, 2.75) is 52.1 Å². The number of hydrogen-bond donors (Lipinski definition) is 2. The predicted octanol–water partition coefficient (Wildman–Crippen LogP) is 2.04. The monoisotopic (exact) mass is 212 g/mol. The molecule has 0 saturated heterocycles. The molecule has 2 N–H and O–H groups in total. The van der Waals surface area contributed by atoms with E-state index in [2.05, 4.69) is 13.8 Å². The molecule has 86 valence electrons. The van der Waals surface area contributed by atoms with Gasteiger partial charge in [0.2, 0.25) is 0 Å². The molecule has 3 heteroatoms. The smallest absolute Gasteiger partial charge is 0.303 e. The summed E-state index contributed by atoms with van der Waals surface area (Å²) in [4.78, 5) is 10.7. The van der Waals surface area contributed by atoms with Gasteiger partial charge in [0.25, 0.3) is 0 Å². The molecule has 0 amide bonds. The maximum atomic E-state index is 10.7. The summed E-state index contributed by atoms with van der Waals surface area (Å²) in [6.07, 6.45) is 3.79. The molecular weight excluding hydrogens is 192 g/mol. The lowest BCUT2D eigenvalue weighted by Crippen LogP contribution is -2.37. The highest BCUT2D eigenvalue weighted by Gasteiger charge is 2.62. The van der Waals surface area contributed by atoms with Crippen molar-refractivity contribution in [2.24, 2.45) is 16.7 Å². The number of aliphatic carboxylic acids is 1. The fourth-order valence-corrected chi connectivity index (χ4v) is 3.86. The maximum Gasteiger partial charge on any atom is 0.303 e. The first-order chi connectivity index (χ1) is 6.90. The average Bonchev–Trinajstić information content (AvgIpc) is 2.50. The van der Waals surface area contributed by atoms with Crippen molar-refractivity contribution in [3.8, 4) is 0 Å². The van der Waals surface area contributed by atoms with Gasteiger partial charge in [0, 0.05) is 6.42 Å². The van der Waals surface area contributed by atoms with Gasteiger partial charge in [-0.15, -0.1) is 0 Å². The van der Waals surface area contributed by atoms with Crippen LogP contribution in [0.1, 0.15) is 46.0 Å². The number of carboxylic acids is 1. The molecule has 4 atom stereocenters. The van der Waals surface area contributed by atoms with Crippen LogP contribution in [0.25, 0.3) is 0 Å². The van der Waals surface area contributed by atoms with Crippen molar-refractivity contribution in [1.29, 1.82) is 0 Å². The van der Waals surface area contributed by atoms with E-state index < -0.39 is 5.97 Å². The number of fused-ring (bicyclic) bond motifs is 2. The van der Waals surface area contributed by atoms with Crippen LogP contribution in [0.15, 0.2) is 0 Å². The molecule has 2 aliphatic rings. The van der Waals surface area contributed by atoms with Crippen LogP contribution in [-0.4, -0.2) is 22.3 Å². The predicted molar refractivity (Wildman–Crippen MR) is 56.4 cm³/mol. The molecule has 0 spiro atoms. The van der Waals surface area contributed by atoms with Crippen LogP contribution in [0.5, 0.6) is 0 Å². The Labute approximate surface area is 90.5 Å². The van der Waals surface area contributed by atoms with E-state index in [-0.39, 0.29) is 23.4 Å². The normalized spacial score (nSPS) is 48.5. The second-order valence-corrected chi connectivity index (χ2v) is 5.72. The van der Waals surface area contributed by atoms with Gasteiger partial charge in [-0.05, 0) is 42.4 Å². The molecule has 2 fully saturated rings. The molecule has 3 nitrogen and oxygen atoms in total. The van der Waals surface area contributed by atoms with E-state index in [1.54, 1.807) is 0 Å². The van der Waals surface area contributed by atoms with Crippen molar-refractivity contribution < 1.29 is 15.0 Å². The fourth-order valence-electron chi connectivity index (χ4n) is 3.86.